The molecule has 1 heterocycles. The van der Waals surface area contributed by atoms with Gasteiger partial charge in [-0.1, -0.05) is 6.07 Å². The molecule has 0 saturated heterocycles. The highest BCUT2D eigenvalue weighted by Gasteiger charge is 2.13. The third-order valence-corrected chi connectivity index (χ3v) is 3.08. The third-order valence-electron chi connectivity index (χ3n) is 3.08. The molecule has 2 aromatic rings. The third kappa shape index (κ3) is 3.04. The lowest BCUT2D eigenvalue weighted by atomic mass is 10.1. The van der Waals surface area contributed by atoms with Crippen molar-refractivity contribution in [2.45, 2.75) is 13.0 Å². The summed E-state index contributed by atoms with van der Waals surface area (Å²) in [5.74, 6) is -1.13. The van der Waals surface area contributed by atoms with Crippen molar-refractivity contribution in [2.24, 2.45) is 0 Å². The van der Waals surface area contributed by atoms with Crippen molar-refractivity contribution in [2.75, 3.05) is 24.3 Å². The zero-order valence-electron chi connectivity index (χ0n) is 11.7. The minimum atomic E-state index is -0.575. The first-order valence-electron chi connectivity index (χ1n) is 6.32. The Kier molecular flexibility index (Phi) is 4.17. The van der Waals surface area contributed by atoms with E-state index in [1.54, 1.807) is 12.4 Å². The Bertz CT molecular complexity index is 599. The molecule has 1 N–H and O–H groups in total. The van der Waals surface area contributed by atoms with Crippen LogP contribution in [-0.4, -0.2) is 19.1 Å². The number of rotatable bonds is 4. The number of halogens is 2. The van der Waals surface area contributed by atoms with E-state index in [1.807, 2.05) is 32.0 Å². The van der Waals surface area contributed by atoms with Crippen molar-refractivity contribution in [3.05, 3.63) is 53.9 Å². The molecule has 0 saturated carbocycles. The molecule has 5 heteroatoms. The molecule has 0 fully saturated rings. The molecule has 0 bridgehead atoms. The maximum absolute atomic E-state index is 13.8. The van der Waals surface area contributed by atoms with Crippen LogP contribution in [0.1, 0.15) is 18.5 Å². The van der Waals surface area contributed by atoms with E-state index in [4.69, 9.17) is 0 Å². The Morgan fingerprint density at radius 1 is 1.20 bits per heavy atom. The van der Waals surface area contributed by atoms with Gasteiger partial charge in [-0.05, 0) is 19.1 Å². The Balaban J connectivity index is 2.26. The van der Waals surface area contributed by atoms with Gasteiger partial charge >= 0.3 is 0 Å². The van der Waals surface area contributed by atoms with E-state index < -0.39 is 11.6 Å². The van der Waals surface area contributed by atoms with Gasteiger partial charge < -0.3 is 10.2 Å². The van der Waals surface area contributed by atoms with E-state index in [0.717, 1.165) is 17.4 Å². The second kappa shape index (κ2) is 5.86. The summed E-state index contributed by atoms with van der Waals surface area (Å²) in [5.41, 5.74) is 2.17. The summed E-state index contributed by atoms with van der Waals surface area (Å²) < 4.78 is 26.7. The minimum absolute atomic E-state index is 0.293. The fraction of sp³-hybridized carbons (Fsp3) is 0.267. The van der Waals surface area contributed by atoms with Crippen molar-refractivity contribution in [3.63, 3.8) is 0 Å². The number of hydrogen-bond donors (Lipinski definition) is 1. The summed E-state index contributed by atoms with van der Waals surface area (Å²) in [7, 11) is 3.84. The van der Waals surface area contributed by atoms with E-state index in [1.165, 1.54) is 12.1 Å². The summed E-state index contributed by atoms with van der Waals surface area (Å²) in [6.07, 6.45) is 3.39. The molecule has 1 unspecified atom stereocenters. The van der Waals surface area contributed by atoms with Crippen LogP contribution in [0.3, 0.4) is 0 Å². The van der Waals surface area contributed by atoms with Crippen molar-refractivity contribution >= 4 is 11.4 Å². The Labute approximate surface area is 117 Å². The predicted molar refractivity (Wildman–Crippen MR) is 77.0 cm³/mol. The largest absolute Gasteiger partial charge is 0.376 e. The predicted octanol–water partition coefficient (Wildman–Crippen LogP) is 3.60. The molecule has 1 atom stereocenters. The van der Waals surface area contributed by atoms with E-state index in [-0.39, 0.29) is 6.04 Å². The molecule has 1 aromatic heterocycles. The summed E-state index contributed by atoms with van der Waals surface area (Å²) >= 11 is 0. The average Bonchev–Trinajstić information content (AvgIpc) is 2.38. The van der Waals surface area contributed by atoms with Gasteiger partial charge in [-0.15, -0.1) is 0 Å². The minimum Gasteiger partial charge on any atom is -0.376 e. The van der Waals surface area contributed by atoms with Crippen LogP contribution >= 0.6 is 0 Å². The highest BCUT2D eigenvalue weighted by atomic mass is 19.1. The lowest BCUT2D eigenvalue weighted by molar-refractivity contribution is 0.566. The number of aromatic nitrogens is 1. The van der Waals surface area contributed by atoms with Gasteiger partial charge in [0.2, 0.25) is 0 Å². The zero-order valence-corrected chi connectivity index (χ0v) is 11.7. The first-order chi connectivity index (χ1) is 9.49. The smallest absolute Gasteiger partial charge is 0.131 e. The first-order valence-corrected chi connectivity index (χ1v) is 6.32. The van der Waals surface area contributed by atoms with Gasteiger partial charge in [0.25, 0.3) is 0 Å². The van der Waals surface area contributed by atoms with E-state index >= 15 is 0 Å². The van der Waals surface area contributed by atoms with Crippen LogP contribution < -0.4 is 10.2 Å². The van der Waals surface area contributed by atoms with Gasteiger partial charge in [0, 0.05) is 31.9 Å². The number of benzene rings is 1. The molecule has 20 heavy (non-hydrogen) atoms. The van der Waals surface area contributed by atoms with Crippen molar-refractivity contribution in [1.29, 1.82) is 0 Å². The van der Waals surface area contributed by atoms with Crippen LogP contribution in [0.2, 0.25) is 0 Å². The summed E-state index contributed by atoms with van der Waals surface area (Å²) in [4.78, 5) is 6.01. The van der Waals surface area contributed by atoms with Gasteiger partial charge in [0.15, 0.2) is 0 Å². The second-order valence-corrected chi connectivity index (χ2v) is 4.82. The molecule has 106 valence electrons. The maximum atomic E-state index is 13.8. The maximum Gasteiger partial charge on any atom is 0.131 e. The van der Waals surface area contributed by atoms with Crippen LogP contribution in [0.4, 0.5) is 20.2 Å². The van der Waals surface area contributed by atoms with Crippen LogP contribution in [0.15, 0.2) is 36.7 Å². The van der Waals surface area contributed by atoms with E-state index in [9.17, 15) is 8.78 Å². The van der Waals surface area contributed by atoms with Crippen LogP contribution in [0.25, 0.3) is 0 Å². The van der Waals surface area contributed by atoms with Crippen LogP contribution in [0, 0.1) is 11.6 Å². The normalized spacial score (nSPS) is 12.1. The molecule has 3 nitrogen and oxygen atoms in total. The quantitative estimate of drug-likeness (QED) is 0.925. The van der Waals surface area contributed by atoms with Crippen LogP contribution in [0.5, 0.6) is 0 Å². The highest BCUT2D eigenvalue weighted by Crippen LogP contribution is 2.28. The molecular weight excluding hydrogens is 260 g/mol. The second-order valence-electron chi connectivity index (χ2n) is 4.82. The number of hydrogen-bond acceptors (Lipinski definition) is 3. The van der Waals surface area contributed by atoms with Gasteiger partial charge in [-0.25, -0.2) is 8.78 Å². The lowest BCUT2D eigenvalue weighted by Gasteiger charge is -2.22. The van der Waals surface area contributed by atoms with Crippen molar-refractivity contribution in [1.82, 2.24) is 4.98 Å². The SMILES string of the molecule is CC(Nc1cnccc1N(C)C)c1ccc(F)cc1F. The first kappa shape index (κ1) is 14.2. The van der Waals surface area contributed by atoms with Crippen molar-refractivity contribution in [3.8, 4) is 0 Å². The van der Waals surface area contributed by atoms with Crippen LogP contribution in [-0.2, 0) is 0 Å². The Morgan fingerprint density at radius 2 is 1.95 bits per heavy atom. The van der Waals surface area contributed by atoms with E-state index in [0.29, 0.717) is 5.56 Å². The monoisotopic (exact) mass is 277 g/mol. The number of nitrogens with one attached hydrogen (secondary N) is 1. The van der Waals surface area contributed by atoms with Gasteiger partial charge in [0.1, 0.15) is 11.6 Å². The molecule has 0 aliphatic rings. The molecular formula is C15H17F2N3. The summed E-state index contributed by atoms with van der Waals surface area (Å²) in [6, 6.07) is 5.18. The lowest BCUT2D eigenvalue weighted by Crippen LogP contribution is -2.15. The fourth-order valence-electron chi connectivity index (χ4n) is 2.05. The van der Waals surface area contributed by atoms with E-state index in [2.05, 4.69) is 10.3 Å². The summed E-state index contributed by atoms with van der Waals surface area (Å²) in [5, 5.41) is 3.20. The molecule has 1 aromatic carbocycles. The summed E-state index contributed by atoms with van der Waals surface area (Å²) in [6.45, 7) is 1.82. The highest BCUT2D eigenvalue weighted by molar-refractivity contribution is 5.68. The number of anilines is 2. The molecule has 0 spiro atoms. The van der Waals surface area contributed by atoms with Gasteiger partial charge in [-0.3, -0.25) is 4.98 Å². The molecule has 2 rings (SSSR count). The number of nitrogens with zero attached hydrogens (tertiary/aromatic N) is 2. The standard InChI is InChI=1S/C15H17F2N3/c1-10(12-5-4-11(16)8-13(12)17)19-14-9-18-7-6-15(14)20(2)3/h4-10,19H,1-3H3. The molecule has 0 aliphatic heterocycles. The zero-order chi connectivity index (χ0) is 14.7. The molecule has 0 radical (unpaired) electrons. The topological polar surface area (TPSA) is 28.2 Å². The Hall–Kier alpha value is -2.17. The Morgan fingerprint density at radius 3 is 2.60 bits per heavy atom. The molecule has 0 amide bonds. The van der Waals surface area contributed by atoms with Crippen molar-refractivity contribution < 1.29 is 8.78 Å². The number of pyridine rings is 1. The molecule has 0 aliphatic carbocycles. The van der Waals surface area contributed by atoms with Gasteiger partial charge in [-0.2, -0.15) is 0 Å². The van der Waals surface area contributed by atoms with Gasteiger partial charge in [0.05, 0.1) is 23.6 Å². The fourth-order valence-corrected chi connectivity index (χ4v) is 2.05. The average molecular weight is 277 g/mol.